The Morgan fingerprint density at radius 1 is 1.10 bits per heavy atom. The van der Waals surface area contributed by atoms with Crippen molar-refractivity contribution in [3.63, 3.8) is 0 Å². The number of nitrogens with zero attached hydrogens (tertiary/aromatic N) is 1. The third kappa shape index (κ3) is 2.93. The molecule has 2 nitrogen and oxygen atoms in total. The Morgan fingerprint density at radius 3 is 2.62 bits per heavy atom. The highest BCUT2D eigenvalue weighted by atomic mass is 32.2. The molecule has 1 heterocycles. The van der Waals surface area contributed by atoms with Gasteiger partial charge in [-0.1, -0.05) is 68.1 Å². The Balaban J connectivity index is 1.80. The van der Waals surface area contributed by atoms with Gasteiger partial charge in [-0.15, -0.1) is 0 Å². The second-order valence-electron chi connectivity index (χ2n) is 5.66. The Hall–Kier alpha value is -1.48. The van der Waals surface area contributed by atoms with Crippen LogP contribution in [0.15, 0.2) is 47.5 Å². The molecule has 0 spiro atoms. The summed E-state index contributed by atoms with van der Waals surface area (Å²) in [7, 11) is 0. The summed E-state index contributed by atoms with van der Waals surface area (Å²) >= 11 is 1.86. The first-order chi connectivity index (χ1) is 10.3. The Kier molecular flexibility index (Phi) is 4.20. The van der Waals surface area contributed by atoms with Crippen molar-refractivity contribution in [1.82, 2.24) is 5.32 Å². The second-order valence-corrected chi connectivity index (χ2v) is 6.62. The van der Waals surface area contributed by atoms with E-state index in [1.54, 1.807) is 0 Å². The van der Waals surface area contributed by atoms with Gasteiger partial charge in [-0.25, -0.2) is 0 Å². The van der Waals surface area contributed by atoms with Crippen molar-refractivity contribution in [3.8, 4) is 0 Å². The van der Waals surface area contributed by atoms with Crippen molar-refractivity contribution in [1.29, 1.82) is 0 Å². The highest BCUT2D eigenvalue weighted by molar-refractivity contribution is 8.14. The minimum Gasteiger partial charge on any atom is -0.359 e. The molecule has 2 aromatic rings. The Bertz CT molecular complexity index is 654. The summed E-state index contributed by atoms with van der Waals surface area (Å²) in [6, 6.07) is 15.0. The molecule has 110 valence electrons. The van der Waals surface area contributed by atoms with Gasteiger partial charge in [-0.3, -0.25) is 4.99 Å². The van der Waals surface area contributed by atoms with Crippen molar-refractivity contribution in [2.45, 2.75) is 38.8 Å². The van der Waals surface area contributed by atoms with E-state index in [0.717, 1.165) is 30.3 Å². The lowest BCUT2D eigenvalue weighted by atomic mass is 9.96. The molecular formula is C18H22N2S. The summed E-state index contributed by atoms with van der Waals surface area (Å²) in [6.07, 6.45) is 2.31. The number of nitrogens with one attached hydrogen (secondary N) is 1. The molecule has 0 radical (unpaired) electrons. The first-order valence-electron chi connectivity index (χ1n) is 7.68. The van der Waals surface area contributed by atoms with Crippen LogP contribution in [0.2, 0.25) is 0 Å². The van der Waals surface area contributed by atoms with E-state index in [-0.39, 0.29) is 5.54 Å². The molecule has 21 heavy (non-hydrogen) atoms. The minimum atomic E-state index is 0.252. The molecule has 1 aliphatic rings. The number of hydrogen-bond donors (Lipinski definition) is 1. The van der Waals surface area contributed by atoms with Crippen LogP contribution in [-0.4, -0.2) is 16.5 Å². The maximum Gasteiger partial charge on any atom is 0.157 e. The quantitative estimate of drug-likeness (QED) is 0.892. The third-order valence-electron chi connectivity index (χ3n) is 4.48. The van der Waals surface area contributed by atoms with Crippen LogP contribution in [0.1, 0.15) is 32.3 Å². The van der Waals surface area contributed by atoms with Crippen LogP contribution in [-0.2, 0) is 6.54 Å². The fourth-order valence-corrected chi connectivity index (χ4v) is 4.15. The van der Waals surface area contributed by atoms with E-state index in [4.69, 9.17) is 4.99 Å². The maximum absolute atomic E-state index is 4.80. The minimum absolute atomic E-state index is 0.252. The van der Waals surface area contributed by atoms with E-state index in [1.165, 1.54) is 16.3 Å². The zero-order valence-corrected chi connectivity index (χ0v) is 13.5. The summed E-state index contributed by atoms with van der Waals surface area (Å²) in [5, 5.41) is 7.34. The van der Waals surface area contributed by atoms with Gasteiger partial charge in [0.15, 0.2) is 5.17 Å². The van der Waals surface area contributed by atoms with E-state index in [2.05, 4.69) is 61.6 Å². The van der Waals surface area contributed by atoms with Crippen LogP contribution in [0.25, 0.3) is 10.8 Å². The zero-order valence-electron chi connectivity index (χ0n) is 12.7. The highest BCUT2D eigenvalue weighted by Gasteiger charge is 2.33. The lowest BCUT2D eigenvalue weighted by Crippen LogP contribution is -2.42. The molecule has 0 saturated carbocycles. The van der Waals surface area contributed by atoms with Gasteiger partial charge in [-0.05, 0) is 29.2 Å². The monoisotopic (exact) mass is 298 g/mol. The van der Waals surface area contributed by atoms with Gasteiger partial charge in [-0.2, -0.15) is 0 Å². The van der Waals surface area contributed by atoms with Crippen molar-refractivity contribution < 1.29 is 0 Å². The number of benzene rings is 2. The Morgan fingerprint density at radius 2 is 1.86 bits per heavy atom. The van der Waals surface area contributed by atoms with Gasteiger partial charge in [0, 0.05) is 11.3 Å². The van der Waals surface area contributed by atoms with Crippen LogP contribution in [0.3, 0.4) is 0 Å². The molecule has 2 aromatic carbocycles. The lowest BCUT2D eigenvalue weighted by molar-refractivity contribution is 0.407. The number of amidine groups is 1. The van der Waals surface area contributed by atoms with E-state index in [0.29, 0.717) is 0 Å². The van der Waals surface area contributed by atoms with Crippen molar-refractivity contribution >= 4 is 27.7 Å². The largest absolute Gasteiger partial charge is 0.359 e. The van der Waals surface area contributed by atoms with Crippen molar-refractivity contribution in [2.75, 3.05) is 5.75 Å². The fourth-order valence-electron chi connectivity index (χ4n) is 2.81. The molecule has 0 atom stereocenters. The van der Waals surface area contributed by atoms with Crippen LogP contribution in [0, 0.1) is 0 Å². The summed E-state index contributed by atoms with van der Waals surface area (Å²) in [4.78, 5) is 4.80. The van der Waals surface area contributed by atoms with E-state index < -0.39 is 0 Å². The summed E-state index contributed by atoms with van der Waals surface area (Å²) in [5.41, 5.74) is 1.55. The van der Waals surface area contributed by atoms with Crippen molar-refractivity contribution in [3.05, 3.63) is 48.0 Å². The number of thioether (sulfide) groups is 1. The SMILES string of the molecule is CCC1(CC)CSC(=NCc2cccc3ccccc23)N1. The smallest absolute Gasteiger partial charge is 0.157 e. The van der Waals surface area contributed by atoms with Crippen LogP contribution < -0.4 is 5.32 Å². The predicted molar refractivity (Wildman–Crippen MR) is 94.0 cm³/mol. The molecule has 1 N–H and O–H groups in total. The molecule has 1 fully saturated rings. The molecule has 0 bridgehead atoms. The van der Waals surface area contributed by atoms with Gasteiger partial charge in [0.1, 0.15) is 0 Å². The lowest BCUT2D eigenvalue weighted by Gasteiger charge is -2.25. The van der Waals surface area contributed by atoms with Gasteiger partial charge in [0.05, 0.1) is 6.54 Å². The topological polar surface area (TPSA) is 24.4 Å². The average molecular weight is 298 g/mol. The van der Waals surface area contributed by atoms with Gasteiger partial charge in [0.25, 0.3) is 0 Å². The predicted octanol–water partition coefficient (Wildman–Crippen LogP) is 4.59. The molecule has 3 rings (SSSR count). The number of rotatable bonds is 4. The van der Waals surface area contributed by atoms with Crippen LogP contribution in [0.4, 0.5) is 0 Å². The Labute approximate surface area is 131 Å². The van der Waals surface area contributed by atoms with Gasteiger partial charge in [0.2, 0.25) is 0 Å². The van der Waals surface area contributed by atoms with E-state index >= 15 is 0 Å². The molecular weight excluding hydrogens is 276 g/mol. The number of fused-ring (bicyclic) bond motifs is 1. The summed E-state index contributed by atoms with van der Waals surface area (Å²) in [6.45, 7) is 5.26. The summed E-state index contributed by atoms with van der Waals surface area (Å²) in [5.74, 6) is 1.13. The standard InChI is InChI=1S/C18H22N2S/c1-3-18(4-2)13-21-17(20-18)19-12-15-10-7-9-14-8-5-6-11-16(14)15/h5-11H,3-4,12-13H2,1-2H3,(H,19,20). The molecule has 1 aliphatic heterocycles. The molecule has 3 heteroatoms. The fraction of sp³-hybridized carbons (Fsp3) is 0.389. The highest BCUT2D eigenvalue weighted by Crippen LogP contribution is 2.29. The second kappa shape index (κ2) is 6.10. The first-order valence-corrected chi connectivity index (χ1v) is 8.67. The van der Waals surface area contributed by atoms with Crippen LogP contribution in [0.5, 0.6) is 0 Å². The zero-order chi connectivity index (χ0) is 14.7. The van der Waals surface area contributed by atoms with Gasteiger partial charge >= 0.3 is 0 Å². The molecule has 1 saturated heterocycles. The molecule has 0 unspecified atom stereocenters. The molecule has 0 aromatic heterocycles. The van der Waals surface area contributed by atoms with E-state index in [9.17, 15) is 0 Å². The third-order valence-corrected chi connectivity index (χ3v) is 5.69. The van der Waals surface area contributed by atoms with E-state index in [1.807, 2.05) is 11.8 Å². The van der Waals surface area contributed by atoms with Crippen molar-refractivity contribution in [2.24, 2.45) is 4.99 Å². The maximum atomic E-state index is 4.80. The normalized spacial score (nSPS) is 19.0. The number of aliphatic imine (C=N–C) groups is 1. The molecule has 0 amide bonds. The number of hydrogen-bond acceptors (Lipinski definition) is 2. The van der Waals surface area contributed by atoms with Crippen LogP contribution >= 0.6 is 11.8 Å². The molecule has 0 aliphatic carbocycles. The van der Waals surface area contributed by atoms with Gasteiger partial charge < -0.3 is 5.32 Å². The average Bonchev–Trinajstić information content (AvgIpc) is 2.97. The summed E-state index contributed by atoms with van der Waals surface area (Å²) < 4.78 is 0. The first kappa shape index (κ1) is 14.5.